The second kappa shape index (κ2) is 5.43. The normalized spacial score (nSPS) is 21.2. The van der Waals surface area contributed by atoms with Gasteiger partial charge < -0.3 is 10.1 Å². The Bertz CT molecular complexity index is 909. The first-order valence-electron chi connectivity index (χ1n) is 7.40. The number of quaternary nitrogens is 1. The molecule has 8 nitrogen and oxygen atoms in total. The van der Waals surface area contributed by atoms with E-state index in [0.717, 1.165) is 17.1 Å². The van der Waals surface area contributed by atoms with Crippen molar-refractivity contribution >= 4 is 29.4 Å². The van der Waals surface area contributed by atoms with E-state index in [1.165, 1.54) is 0 Å². The molecule has 4 rings (SSSR count). The molecule has 0 spiro atoms. The highest BCUT2D eigenvalue weighted by Crippen LogP contribution is 2.31. The van der Waals surface area contributed by atoms with Gasteiger partial charge in [0.25, 0.3) is 11.8 Å². The van der Waals surface area contributed by atoms with Crippen molar-refractivity contribution in [1.29, 1.82) is 0 Å². The fraction of sp³-hybridized carbons (Fsp3) is 0.125. The summed E-state index contributed by atoms with van der Waals surface area (Å²) >= 11 is 0. The van der Waals surface area contributed by atoms with Gasteiger partial charge in [-0.05, 0) is 17.2 Å². The van der Waals surface area contributed by atoms with Crippen molar-refractivity contribution in [2.24, 2.45) is 22.1 Å². The van der Waals surface area contributed by atoms with E-state index < -0.39 is 0 Å². The van der Waals surface area contributed by atoms with E-state index in [1.807, 2.05) is 43.7 Å². The SMILES string of the molecule is COc1ccccc1NC1=N[N+]2(c3cnn(C)c3)C=CN=CC2=N1. The van der Waals surface area contributed by atoms with E-state index in [4.69, 9.17) is 9.84 Å². The van der Waals surface area contributed by atoms with Crippen LogP contribution in [-0.4, -0.2) is 34.9 Å². The smallest absolute Gasteiger partial charge is 0.287 e. The highest BCUT2D eigenvalue weighted by atomic mass is 16.5. The molecule has 2 aliphatic rings. The number of aliphatic imine (C=N–C) groups is 2. The molecule has 0 saturated heterocycles. The monoisotopic (exact) mass is 322 g/mol. The van der Waals surface area contributed by atoms with Crippen LogP contribution in [0.3, 0.4) is 0 Å². The van der Waals surface area contributed by atoms with Gasteiger partial charge in [-0.1, -0.05) is 16.7 Å². The minimum Gasteiger partial charge on any atom is -0.495 e. The maximum atomic E-state index is 5.36. The lowest BCUT2D eigenvalue weighted by Crippen LogP contribution is -2.44. The molecule has 120 valence electrons. The third-order valence-electron chi connectivity index (χ3n) is 3.82. The molecule has 1 aromatic carbocycles. The number of methoxy groups -OCH3 is 1. The number of guanidine groups is 1. The second-order valence-corrected chi connectivity index (χ2v) is 5.35. The molecule has 8 heteroatoms. The summed E-state index contributed by atoms with van der Waals surface area (Å²) in [5.41, 5.74) is 1.68. The molecule has 2 aliphatic heterocycles. The Kier molecular flexibility index (Phi) is 3.24. The number of para-hydroxylation sites is 2. The summed E-state index contributed by atoms with van der Waals surface area (Å²) in [6.45, 7) is 0. The predicted molar refractivity (Wildman–Crippen MR) is 94.1 cm³/mol. The van der Waals surface area contributed by atoms with Crippen LogP contribution in [0.2, 0.25) is 0 Å². The number of rotatable bonds is 3. The van der Waals surface area contributed by atoms with Crippen molar-refractivity contribution in [2.75, 3.05) is 12.4 Å². The van der Waals surface area contributed by atoms with E-state index in [1.54, 1.807) is 30.4 Å². The second-order valence-electron chi connectivity index (χ2n) is 5.35. The van der Waals surface area contributed by atoms with Gasteiger partial charge in [0.1, 0.15) is 18.2 Å². The Labute approximate surface area is 138 Å². The molecular weight excluding hydrogens is 306 g/mol. The van der Waals surface area contributed by atoms with Gasteiger partial charge in [0.15, 0.2) is 6.20 Å². The fourth-order valence-corrected chi connectivity index (χ4v) is 2.66. The van der Waals surface area contributed by atoms with Crippen molar-refractivity contribution < 1.29 is 4.74 Å². The van der Waals surface area contributed by atoms with Gasteiger partial charge in [-0.25, -0.2) is 0 Å². The molecule has 0 saturated carbocycles. The molecule has 0 bridgehead atoms. The average Bonchev–Trinajstić information content (AvgIpc) is 3.19. The van der Waals surface area contributed by atoms with Crippen molar-refractivity contribution in [3.05, 3.63) is 49.1 Å². The Balaban J connectivity index is 1.74. The van der Waals surface area contributed by atoms with Crippen LogP contribution < -0.4 is 14.6 Å². The summed E-state index contributed by atoms with van der Waals surface area (Å²) in [6, 6.07) is 7.63. The number of aryl methyl sites for hydroxylation is 1. The molecule has 0 amide bonds. The van der Waals surface area contributed by atoms with Crippen LogP contribution in [0.25, 0.3) is 0 Å². The lowest BCUT2D eigenvalue weighted by Gasteiger charge is -2.21. The molecule has 1 unspecified atom stereocenters. The van der Waals surface area contributed by atoms with E-state index in [2.05, 4.69) is 20.4 Å². The molecule has 1 atom stereocenters. The highest BCUT2D eigenvalue weighted by Gasteiger charge is 2.43. The van der Waals surface area contributed by atoms with Crippen LogP contribution >= 0.6 is 0 Å². The lowest BCUT2D eigenvalue weighted by atomic mass is 10.3. The first-order valence-corrected chi connectivity index (χ1v) is 7.40. The van der Waals surface area contributed by atoms with Crippen LogP contribution in [0.5, 0.6) is 5.75 Å². The van der Waals surface area contributed by atoms with Gasteiger partial charge in [0.2, 0.25) is 5.69 Å². The van der Waals surface area contributed by atoms with Crippen LogP contribution in [-0.2, 0) is 7.05 Å². The molecular formula is C16H16N7O+. The first kappa shape index (κ1) is 14.3. The maximum absolute atomic E-state index is 5.36. The number of anilines is 1. The summed E-state index contributed by atoms with van der Waals surface area (Å²) in [7, 11) is 3.50. The molecule has 0 fully saturated rings. The third kappa shape index (κ3) is 2.20. The van der Waals surface area contributed by atoms with E-state index in [-0.39, 0.29) is 4.59 Å². The van der Waals surface area contributed by atoms with Gasteiger partial charge in [0.05, 0.1) is 25.2 Å². The Hall–Kier alpha value is -3.26. The van der Waals surface area contributed by atoms with E-state index in [0.29, 0.717) is 11.8 Å². The molecule has 24 heavy (non-hydrogen) atoms. The van der Waals surface area contributed by atoms with E-state index in [9.17, 15) is 0 Å². The average molecular weight is 322 g/mol. The van der Waals surface area contributed by atoms with Crippen molar-refractivity contribution in [2.45, 2.75) is 0 Å². The zero-order valence-corrected chi connectivity index (χ0v) is 13.3. The lowest BCUT2D eigenvalue weighted by molar-refractivity contribution is 0.417. The molecule has 3 heterocycles. The zero-order chi connectivity index (χ0) is 16.6. The maximum Gasteiger partial charge on any atom is 0.287 e. The van der Waals surface area contributed by atoms with Crippen LogP contribution in [0, 0.1) is 0 Å². The summed E-state index contributed by atoms with van der Waals surface area (Å²) in [5.74, 6) is 1.90. The summed E-state index contributed by atoms with van der Waals surface area (Å²) in [6.07, 6.45) is 8.96. The predicted octanol–water partition coefficient (Wildman–Crippen LogP) is 2.09. The summed E-state index contributed by atoms with van der Waals surface area (Å²) < 4.78 is 7.21. The molecule has 1 N–H and O–H groups in total. The molecule has 1 aromatic heterocycles. The van der Waals surface area contributed by atoms with Crippen molar-refractivity contribution in [3.8, 4) is 5.75 Å². The van der Waals surface area contributed by atoms with E-state index >= 15 is 0 Å². The number of hydrogen-bond acceptors (Lipinski definition) is 6. The quantitative estimate of drug-likeness (QED) is 0.879. The Morgan fingerprint density at radius 3 is 2.92 bits per heavy atom. The Morgan fingerprint density at radius 1 is 1.25 bits per heavy atom. The first-order chi connectivity index (χ1) is 11.7. The number of hydrogen-bond donors (Lipinski definition) is 1. The molecule has 0 aliphatic carbocycles. The minimum absolute atomic E-state index is 0.106. The summed E-state index contributed by atoms with van der Waals surface area (Å²) in [5, 5.41) is 12.2. The van der Waals surface area contributed by atoms with Crippen LogP contribution in [0.1, 0.15) is 0 Å². The highest BCUT2D eigenvalue weighted by molar-refractivity contribution is 6.38. The summed E-state index contributed by atoms with van der Waals surface area (Å²) in [4.78, 5) is 8.74. The number of nitrogens with one attached hydrogen (secondary N) is 1. The third-order valence-corrected chi connectivity index (χ3v) is 3.82. The molecule has 2 aromatic rings. The van der Waals surface area contributed by atoms with Gasteiger partial charge in [-0.2, -0.15) is 10.1 Å². The Morgan fingerprint density at radius 2 is 2.12 bits per heavy atom. The van der Waals surface area contributed by atoms with Crippen molar-refractivity contribution in [1.82, 2.24) is 14.4 Å². The van der Waals surface area contributed by atoms with Crippen LogP contribution in [0.4, 0.5) is 11.4 Å². The molecule has 0 radical (unpaired) electrons. The van der Waals surface area contributed by atoms with Crippen molar-refractivity contribution in [3.63, 3.8) is 0 Å². The fourth-order valence-electron chi connectivity index (χ4n) is 2.66. The van der Waals surface area contributed by atoms with Gasteiger partial charge in [-0.3, -0.25) is 9.67 Å². The zero-order valence-electron chi connectivity index (χ0n) is 13.3. The van der Waals surface area contributed by atoms with Gasteiger partial charge >= 0.3 is 0 Å². The topological polar surface area (TPSA) is 76.2 Å². The number of fused-ring (bicyclic) bond motifs is 1. The number of amidine groups is 1. The largest absolute Gasteiger partial charge is 0.495 e. The number of ether oxygens (including phenoxy) is 1. The van der Waals surface area contributed by atoms with Gasteiger partial charge in [-0.15, -0.1) is 0 Å². The minimum atomic E-state index is 0.106. The number of aromatic nitrogens is 2. The van der Waals surface area contributed by atoms with Gasteiger partial charge in [0, 0.05) is 7.05 Å². The number of benzene rings is 1. The number of nitrogens with zero attached hydrogens (tertiary/aromatic N) is 6. The standard InChI is InChI=1S/C16H16N7O/c1-22-11-12(9-18-22)23-8-7-17-10-15(23)20-16(21-23)19-13-5-3-4-6-14(13)24-2/h3-11H,1-2H3,(H,19,21)/q+1. The van der Waals surface area contributed by atoms with Crippen LogP contribution in [0.15, 0.2) is 64.1 Å².